The number of halogens is 1. The first-order valence-corrected chi connectivity index (χ1v) is 12.8. The topological polar surface area (TPSA) is 116 Å². The predicted molar refractivity (Wildman–Crippen MR) is 118 cm³/mol. The normalized spacial score (nSPS) is 22.0. The van der Waals surface area contributed by atoms with Gasteiger partial charge in [-0.1, -0.05) is 6.07 Å². The van der Waals surface area contributed by atoms with Crippen LogP contribution in [0.4, 0.5) is 4.39 Å². The van der Waals surface area contributed by atoms with Gasteiger partial charge in [-0.25, -0.2) is 12.8 Å². The van der Waals surface area contributed by atoms with Crippen LogP contribution in [-0.4, -0.2) is 73.6 Å². The number of piperazine rings is 1. The van der Waals surface area contributed by atoms with Crippen LogP contribution in [0, 0.1) is 5.82 Å². The number of carbonyl (C=O) groups is 3. The summed E-state index contributed by atoms with van der Waals surface area (Å²) >= 11 is 1.26. The molecule has 176 valence electrons. The number of benzene rings is 1. The van der Waals surface area contributed by atoms with Crippen molar-refractivity contribution in [1.82, 2.24) is 19.8 Å². The van der Waals surface area contributed by atoms with Gasteiger partial charge in [-0.2, -0.15) is 4.31 Å². The number of nitrogens with zero attached hydrogens (tertiary/aromatic N) is 2. The van der Waals surface area contributed by atoms with E-state index in [0.717, 1.165) is 28.6 Å². The molecule has 12 heteroatoms. The summed E-state index contributed by atoms with van der Waals surface area (Å²) in [6.07, 6.45) is 1.12. The van der Waals surface area contributed by atoms with E-state index in [4.69, 9.17) is 0 Å². The Morgan fingerprint density at radius 2 is 1.91 bits per heavy atom. The lowest BCUT2D eigenvalue weighted by Crippen LogP contribution is -2.63. The monoisotopic (exact) mass is 494 g/mol. The molecule has 2 N–H and O–H groups in total. The third-order valence-electron chi connectivity index (χ3n) is 5.68. The average molecular weight is 495 g/mol. The minimum Gasteiger partial charge on any atom is -0.354 e. The number of sulfonamides is 1. The van der Waals surface area contributed by atoms with Crippen molar-refractivity contribution in [3.05, 3.63) is 52.5 Å². The summed E-state index contributed by atoms with van der Waals surface area (Å²) < 4.78 is 41.0. The van der Waals surface area contributed by atoms with E-state index in [9.17, 15) is 27.2 Å². The Bertz CT molecular complexity index is 1140. The van der Waals surface area contributed by atoms with Crippen LogP contribution in [-0.2, 0) is 19.6 Å². The maximum atomic E-state index is 13.3. The van der Waals surface area contributed by atoms with Crippen LogP contribution >= 0.6 is 11.3 Å². The van der Waals surface area contributed by atoms with Gasteiger partial charge < -0.3 is 15.5 Å². The molecule has 9 nitrogen and oxygen atoms in total. The second kappa shape index (κ2) is 9.57. The summed E-state index contributed by atoms with van der Waals surface area (Å²) in [5.41, 5.74) is 0. The van der Waals surface area contributed by atoms with E-state index in [-0.39, 0.29) is 36.3 Å². The van der Waals surface area contributed by atoms with Gasteiger partial charge in [0.05, 0.1) is 9.77 Å². The maximum absolute atomic E-state index is 13.3. The van der Waals surface area contributed by atoms with Crippen molar-refractivity contribution in [2.24, 2.45) is 0 Å². The van der Waals surface area contributed by atoms with E-state index < -0.39 is 33.8 Å². The van der Waals surface area contributed by atoms with E-state index in [2.05, 4.69) is 10.6 Å². The molecule has 1 aromatic carbocycles. The third-order valence-corrected chi connectivity index (χ3v) is 8.46. The molecule has 0 saturated carbocycles. The molecule has 2 aliphatic heterocycles. The van der Waals surface area contributed by atoms with Gasteiger partial charge in [-0.05, 0) is 48.6 Å². The lowest BCUT2D eigenvalue weighted by molar-refractivity contribution is -0.132. The fourth-order valence-electron chi connectivity index (χ4n) is 3.93. The van der Waals surface area contributed by atoms with Crippen molar-refractivity contribution in [2.45, 2.75) is 29.8 Å². The summed E-state index contributed by atoms with van der Waals surface area (Å²) in [4.78, 5) is 40.0. The highest BCUT2D eigenvalue weighted by molar-refractivity contribution is 7.89. The quantitative estimate of drug-likeness (QED) is 0.638. The van der Waals surface area contributed by atoms with E-state index in [1.807, 2.05) is 0 Å². The minimum absolute atomic E-state index is 0.0881. The van der Waals surface area contributed by atoms with Crippen LogP contribution in [0.3, 0.4) is 0 Å². The number of nitrogens with one attached hydrogen (secondary N) is 2. The number of hydrogen-bond donors (Lipinski definition) is 2. The molecule has 0 aliphatic carbocycles. The summed E-state index contributed by atoms with van der Waals surface area (Å²) in [5, 5.41) is 7.08. The zero-order valence-corrected chi connectivity index (χ0v) is 19.2. The van der Waals surface area contributed by atoms with Crippen molar-refractivity contribution in [2.75, 3.05) is 26.2 Å². The van der Waals surface area contributed by atoms with Gasteiger partial charge in [-0.15, -0.1) is 11.3 Å². The number of thiophene rings is 1. The largest absolute Gasteiger partial charge is 0.354 e. The molecular formula is C21H23FN4O5S2. The highest BCUT2D eigenvalue weighted by Gasteiger charge is 2.42. The highest BCUT2D eigenvalue weighted by atomic mass is 32.2. The molecule has 1 aromatic heterocycles. The first-order chi connectivity index (χ1) is 15.8. The van der Waals surface area contributed by atoms with Gasteiger partial charge >= 0.3 is 0 Å². The second-order valence-corrected chi connectivity index (χ2v) is 10.6. The highest BCUT2D eigenvalue weighted by Crippen LogP contribution is 2.24. The standard InChI is InChI=1S/C21H23FN4O5S2/c22-14-5-7-15(8-6-14)33(30,31)26-11-10-25(21(29)18-4-2-12-32-18)13-17(26)20(28)24-16-3-1-9-23-19(16)27/h2,4-8,12,16-17H,1,3,9-11,13H2,(H,23,27)(H,24,28)/t16-,17+/m0/s1. The lowest BCUT2D eigenvalue weighted by atomic mass is 10.1. The predicted octanol–water partition coefficient (Wildman–Crippen LogP) is 0.797. The Hall–Kier alpha value is -2.83. The Kier molecular flexibility index (Phi) is 6.77. The van der Waals surface area contributed by atoms with Gasteiger partial charge in [0.25, 0.3) is 5.91 Å². The molecule has 2 saturated heterocycles. The Morgan fingerprint density at radius 1 is 1.15 bits per heavy atom. The van der Waals surface area contributed by atoms with Crippen LogP contribution in [0.2, 0.25) is 0 Å². The van der Waals surface area contributed by atoms with Crippen LogP contribution in [0.25, 0.3) is 0 Å². The van der Waals surface area contributed by atoms with E-state index in [1.165, 1.54) is 16.2 Å². The van der Waals surface area contributed by atoms with Crippen LogP contribution < -0.4 is 10.6 Å². The number of rotatable bonds is 5. The number of amides is 3. The Labute approximate surface area is 194 Å². The number of hydrogen-bond acceptors (Lipinski definition) is 6. The van der Waals surface area contributed by atoms with Gasteiger partial charge in [0.15, 0.2) is 0 Å². The van der Waals surface area contributed by atoms with Gasteiger partial charge in [-0.3, -0.25) is 14.4 Å². The van der Waals surface area contributed by atoms with Crippen LogP contribution in [0.5, 0.6) is 0 Å². The molecule has 33 heavy (non-hydrogen) atoms. The molecule has 4 rings (SSSR count). The Balaban J connectivity index is 1.61. The molecule has 2 aliphatic rings. The lowest BCUT2D eigenvalue weighted by Gasteiger charge is -2.40. The van der Waals surface area contributed by atoms with Gasteiger partial charge in [0.1, 0.15) is 17.9 Å². The zero-order valence-electron chi connectivity index (χ0n) is 17.6. The van der Waals surface area contributed by atoms with Crippen molar-refractivity contribution in [3.8, 4) is 0 Å². The van der Waals surface area contributed by atoms with E-state index in [1.54, 1.807) is 17.5 Å². The smallest absolute Gasteiger partial charge is 0.264 e. The first-order valence-electron chi connectivity index (χ1n) is 10.5. The van der Waals surface area contributed by atoms with E-state index in [0.29, 0.717) is 24.3 Å². The van der Waals surface area contributed by atoms with Crippen LogP contribution in [0.1, 0.15) is 22.5 Å². The third kappa shape index (κ3) is 4.92. The molecule has 0 bridgehead atoms. The Morgan fingerprint density at radius 3 is 2.58 bits per heavy atom. The summed E-state index contributed by atoms with van der Waals surface area (Å²) in [6.45, 7) is 0.316. The molecule has 3 amide bonds. The van der Waals surface area contributed by atoms with E-state index >= 15 is 0 Å². The van der Waals surface area contributed by atoms with Gasteiger partial charge in [0.2, 0.25) is 21.8 Å². The number of carbonyl (C=O) groups excluding carboxylic acids is 3. The maximum Gasteiger partial charge on any atom is 0.264 e. The summed E-state index contributed by atoms with van der Waals surface area (Å²) in [7, 11) is -4.16. The van der Waals surface area contributed by atoms with Crippen molar-refractivity contribution < 1.29 is 27.2 Å². The number of piperidine rings is 1. The second-order valence-electron chi connectivity index (χ2n) is 7.81. The van der Waals surface area contributed by atoms with Crippen molar-refractivity contribution >= 4 is 39.1 Å². The van der Waals surface area contributed by atoms with Crippen LogP contribution in [0.15, 0.2) is 46.7 Å². The van der Waals surface area contributed by atoms with Gasteiger partial charge in [0, 0.05) is 26.2 Å². The summed E-state index contributed by atoms with van der Waals surface area (Å²) in [6, 6.07) is 5.72. The average Bonchev–Trinajstić information content (AvgIpc) is 3.35. The first kappa shape index (κ1) is 23.3. The molecule has 3 heterocycles. The van der Waals surface area contributed by atoms with Crippen molar-refractivity contribution in [3.63, 3.8) is 0 Å². The zero-order chi connectivity index (χ0) is 23.6. The molecular weight excluding hydrogens is 471 g/mol. The minimum atomic E-state index is -4.16. The molecule has 0 unspecified atom stereocenters. The molecule has 0 spiro atoms. The SMILES string of the molecule is O=C1NCCC[C@@H]1NC(=O)[C@H]1CN(C(=O)c2cccs2)CCN1S(=O)(=O)c1ccc(F)cc1. The molecule has 2 atom stereocenters. The fourth-order valence-corrected chi connectivity index (χ4v) is 6.19. The fraction of sp³-hybridized carbons (Fsp3) is 0.381. The molecule has 2 fully saturated rings. The molecule has 2 aromatic rings. The molecule has 0 radical (unpaired) electrons. The summed E-state index contributed by atoms with van der Waals surface area (Å²) in [5.74, 6) is -1.87. The van der Waals surface area contributed by atoms with Crippen molar-refractivity contribution in [1.29, 1.82) is 0 Å².